The highest BCUT2D eigenvalue weighted by molar-refractivity contribution is 5.95. The Labute approximate surface area is 120 Å². The van der Waals surface area contributed by atoms with Crippen molar-refractivity contribution >= 4 is 11.6 Å². The van der Waals surface area contributed by atoms with Gasteiger partial charge in [0.25, 0.3) is 5.91 Å². The van der Waals surface area contributed by atoms with Gasteiger partial charge in [0.15, 0.2) is 0 Å². The molecule has 0 unspecified atom stereocenters. The largest absolute Gasteiger partial charge is 0.369 e. The number of carbonyl (C=O) groups is 1. The molecular weight excluding hydrogens is 250 g/mol. The number of anilines is 1. The van der Waals surface area contributed by atoms with Gasteiger partial charge < -0.3 is 15.1 Å². The van der Waals surface area contributed by atoms with E-state index in [0.717, 1.165) is 57.7 Å². The average Bonchev–Trinajstić information content (AvgIpc) is 3.02. The molecular formula is C16H23N3O. The van der Waals surface area contributed by atoms with Gasteiger partial charge in [-0.05, 0) is 37.5 Å². The number of benzene rings is 1. The highest BCUT2D eigenvalue weighted by Gasteiger charge is 2.21. The molecule has 20 heavy (non-hydrogen) atoms. The molecule has 108 valence electrons. The molecule has 2 fully saturated rings. The van der Waals surface area contributed by atoms with Crippen LogP contribution in [-0.2, 0) is 0 Å². The minimum atomic E-state index is 0.193. The Hall–Kier alpha value is -1.55. The Morgan fingerprint density at radius 2 is 1.80 bits per heavy atom. The third-order valence-corrected chi connectivity index (χ3v) is 4.31. The monoisotopic (exact) mass is 273 g/mol. The van der Waals surface area contributed by atoms with E-state index in [2.05, 4.69) is 29.3 Å². The molecule has 2 aliphatic rings. The number of hydrogen-bond donors (Lipinski definition) is 1. The van der Waals surface area contributed by atoms with Gasteiger partial charge in [0.1, 0.15) is 0 Å². The van der Waals surface area contributed by atoms with Gasteiger partial charge in [-0.15, -0.1) is 0 Å². The molecule has 0 radical (unpaired) electrons. The third kappa shape index (κ3) is 2.66. The Bertz CT molecular complexity index is 488. The lowest BCUT2D eigenvalue weighted by atomic mass is 10.1. The molecule has 0 aliphatic carbocycles. The molecule has 2 heterocycles. The van der Waals surface area contributed by atoms with Crippen LogP contribution < -0.4 is 10.2 Å². The molecule has 0 saturated carbocycles. The maximum Gasteiger partial charge on any atom is 0.253 e. The van der Waals surface area contributed by atoms with Crippen LogP contribution in [-0.4, -0.2) is 50.1 Å². The second-order valence-electron chi connectivity index (χ2n) is 5.74. The number of aryl methyl sites for hydroxylation is 1. The fourth-order valence-electron chi connectivity index (χ4n) is 3.09. The zero-order chi connectivity index (χ0) is 13.9. The van der Waals surface area contributed by atoms with Crippen LogP contribution in [0.3, 0.4) is 0 Å². The highest BCUT2D eigenvalue weighted by atomic mass is 16.2. The molecule has 1 aromatic carbocycles. The van der Waals surface area contributed by atoms with E-state index in [-0.39, 0.29) is 5.91 Å². The number of nitrogens with one attached hydrogen (secondary N) is 1. The highest BCUT2D eigenvalue weighted by Crippen LogP contribution is 2.23. The first-order valence-electron chi connectivity index (χ1n) is 7.61. The van der Waals surface area contributed by atoms with Gasteiger partial charge in [0, 0.05) is 50.5 Å². The Morgan fingerprint density at radius 1 is 1.10 bits per heavy atom. The maximum absolute atomic E-state index is 12.5. The number of nitrogens with zero attached hydrogens (tertiary/aromatic N) is 2. The Balaban J connectivity index is 1.83. The summed E-state index contributed by atoms with van der Waals surface area (Å²) in [5.74, 6) is 0.193. The molecule has 1 amide bonds. The molecule has 3 rings (SSSR count). The van der Waals surface area contributed by atoms with Crippen molar-refractivity contribution in [3.63, 3.8) is 0 Å². The van der Waals surface area contributed by atoms with Gasteiger partial charge in [0.05, 0.1) is 0 Å². The minimum Gasteiger partial charge on any atom is -0.369 e. The summed E-state index contributed by atoms with van der Waals surface area (Å²) >= 11 is 0. The van der Waals surface area contributed by atoms with Gasteiger partial charge in [-0.2, -0.15) is 0 Å². The smallest absolute Gasteiger partial charge is 0.253 e. The lowest BCUT2D eigenvalue weighted by Crippen LogP contribution is -2.43. The van der Waals surface area contributed by atoms with E-state index in [9.17, 15) is 4.79 Å². The van der Waals surface area contributed by atoms with Gasteiger partial charge in [-0.3, -0.25) is 4.79 Å². The summed E-state index contributed by atoms with van der Waals surface area (Å²) in [5.41, 5.74) is 3.31. The van der Waals surface area contributed by atoms with Crippen LogP contribution in [0.25, 0.3) is 0 Å². The average molecular weight is 273 g/mol. The fraction of sp³-hybridized carbons (Fsp3) is 0.562. The van der Waals surface area contributed by atoms with Crippen molar-refractivity contribution in [3.05, 3.63) is 29.3 Å². The predicted molar refractivity (Wildman–Crippen MR) is 81.4 cm³/mol. The molecule has 4 nitrogen and oxygen atoms in total. The first kappa shape index (κ1) is 13.4. The summed E-state index contributed by atoms with van der Waals surface area (Å²) in [6.07, 6.45) is 2.28. The number of piperazine rings is 1. The summed E-state index contributed by atoms with van der Waals surface area (Å²) in [7, 11) is 0. The molecule has 4 heteroatoms. The van der Waals surface area contributed by atoms with Crippen LogP contribution in [0.2, 0.25) is 0 Å². The van der Waals surface area contributed by atoms with Crippen LogP contribution >= 0.6 is 0 Å². The van der Waals surface area contributed by atoms with E-state index in [4.69, 9.17) is 0 Å². The number of rotatable bonds is 2. The molecule has 1 N–H and O–H groups in total. The number of hydrogen-bond acceptors (Lipinski definition) is 3. The van der Waals surface area contributed by atoms with Crippen molar-refractivity contribution in [1.29, 1.82) is 0 Å². The number of carbonyl (C=O) groups excluding carboxylic acids is 1. The first-order valence-corrected chi connectivity index (χ1v) is 7.61. The molecule has 0 bridgehead atoms. The topological polar surface area (TPSA) is 35.6 Å². The summed E-state index contributed by atoms with van der Waals surface area (Å²) in [5, 5.41) is 3.37. The van der Waals surface area contributed by atoms with Crippen LogP contribution in [0.4, 0.5) is 5.69 Å². The summed E-state index contributed by atoms with van der Waals surface area (Å²) in [6, 6.07) is 6.14. The number of amides is 1. The van der Waals surface area contributed by atoms with Gasteiger partial charge in [-0.1, -0.05) is 6.07 Å². The van der Waals surface area contributed by atoms with E-state index in [1.165, 1.54) is 11.3 Å². The summed E-state index contributed by atoms with van der Waals surface area (Å²) in [6.45, 7) is 8.02. The van der Waals surface area contributed by atoms with Crippen molar-refractivity contribution < 1.29 is 4.79 Å². The summed E-state index contributed by atoms with van der Waals surface area (Å²) in [4.78, 5) is 16.8. The lowest BCUT2D eigenvalue weighted by molar-refractivity contribution is 0.0793. The quantitative estimate of drug-likeness (QED) is 0.890. The Kier molecular flexibility index (Phi) is 3.92. The molecule has 0 spiro atoms. The van der Waals surface area contributed by atoms with Crippen LogP contribution in [0.15, 0.2) is 18.2 Å². The Morgan fingerprint density at radius 3 is 2.50 bits per heavy atom. The first-order chi connectivity index (χ1) is 9.75. The minimum absolute atomic E-state index is 0.193. The van der Waals surface area contributed by atoms with Crippen molar-refractivity contribution in [2.24, 2.45) is 0 Å². The molecule has 0 atom stereocenters. The molecule has 2 aliphatic heterocycles. The standard InChI is InChI=1S/C16H23N3O/c1-13-4-5-14(16(20)19-8-2-3-9-19)12-15(13)18-10-6-17-7-11-18/h4-5,12,17H,2-3,6-11H2,1H3. The van der Waals surface area contributed by atoms with E-state index >= 15 is 0 Å². The zero-order valence-electron chi connectivity index (χ0n) is 12.2. The molecule has 1 aromatic rings. The van der Waals surface area contributed by atoms with E-state index in [1.807, 2.05) is 11.0 Å². The maximum atomic E-state index is 12.5. The molecule has 2 saturated heterocycles. The van der Waals surface area contributed by atoms with E-state index < -0.39 is 0 Å². The number of likely N-dealkylation sites (tertiary alicyclic amines) is 1. The second kappa shape index (κ2) is 5.83. The van der Waals surface area contributed by atoms with Crippen LogP contribution in [0.5, 0.6) is 0 Å². The van der Waals surface area contributed by atoms with Crippen molar-refractivity contribution in [2.75, 3.05) is 44.2 Å². The van der Waals surface area contributed by atoms with Gasteiger partial charge >= 0.3 is 0 Å². The predicted octanol–water partition coefficient (Wildman–Crippen LogP) is 1.64. The fourth-order valence-corrected chi connectivity index (χ4v) is 3.09. The van der Waals surface area contributed by atoms with Crippen molar-refractivity contribution in [2.45, 2.75) is 19.8 Å². The van der Waals surface area contributed by atoms with E-state index in [0.29, 0.717) is 0 Å². The zero-order valence-corrected chi connectivity index (χ0v) is 12.2. The van der Waals surface area contributed by atoms with Gasteiger partial charge in [0.2, 0.25) is 0 Å². The third-order valence-electron chi connectivity index (χ3n) is 4.31. The van der Waals surface area contributed by atoms with Crippen molar-refractivity contribution in [1.82, 2.24) is 10.2 Å². The van der Waals surface area contributed by atoms with Crippen LogP contribution in [0, 0.1) is 6.92 Å². The SMILES string of the molecule is Cc1ccc(C(=O)N2CCCC2)cc1N1CCNCC1. The van der Waals surface area contributed by atoms with E-state index in [1.54, 1.807) is 0 Å². The van der Waals surface area contributed by atoms with Gasteiger partial charge in [-0.25, -0.2) is 0 Å². The lowest BCUT2D eigenvalue weighted by Gasteiger charge is -2.31. The molecule has 0 aromatic heterocycles. The normalized spacial score (nSPS) is 19.4. The second-order valence-corrected chi connectivity index (χ2v) is 5.74. The van der Waals surface area contributed by atoms with Crippen molar-refractivity contribution in [3.8, 4) is 0 Å². The van der Waals surface area contributed by atoms with Crippen LogP contribution in [0.1, 0.15) is 28.8 Å². The summed E-state index contributed by atoms with van der Waals surface area (Å²) < 4.78 is 0.